The minimum Gasteiger partial charge on any atom is -0.355 e. The maximum Gasteiger partial charge on any atom is 0.131 e. The fourth-order valence-corrected chi connectivity index (χ4v) is 2.34. The second-order valence-corrected chi connectivity index (χ2v) is 5.16. The number of hydrogen-bond acceptors (Lipinski definition) is 2. The Morgan fingerprint density at radius 2 is 2.06 bits per heavy atom. The summed E-state index contributed by atoms with van der Waals surface area (Å²) in [6.45, 7) is 2.49. The molecule has 1 aromatic carbocycles. The van der Waals surface area contributed by atoms with Crippen molar-refractivity contribution in [1.82, 2.24) is 4.98 Å². The third kappa shape index (κ3) is 2.88. The van der Waals surface area contributed by atoms with Crippen LogP contribution in [0.5, 0.6) is 0 Å². The van der Waals surface area contributed by atoms with E-state index in [4.69, 9.17) is 0 Å². The Kier molecular flexibility index (Phi) is 3.97. The molecule has 2 nitrogen and oxygen atoms in total. The Hall–Kier alpha value is -1.42. The van der Waals surface area contributed by atoms with Gasteiger partial charge in [0.2, 0.25) is 0 Å². The summed E-state index contributed by atoms with van der Waals surface area (Å²) in [5.74, 6) is 0.681. The normalized spacial score (nSPS) is 10.4. The van der Waals surface area contributed by atoms with Gasteiger partial charge in [-0.05, 0) is 40.5 Å². The molecule has 2 rings (SSSR count). The molecule has 0 aliphatic heterocycles. The van der Waals surface area contributed by atoms with Gasteiger partial charge in [-0.1, -0.05) is 18.2 Å². The van der Waals surface area contributed by atoms with Gasteiger partial charge in [-0.25, -0.2) is 9.37 Å². The molecule has 0 aliphatic rings. The number of nitrogens with zero attached hydrogens (tertiary/aromatic N) is 2. The van der Waals surface area contributed by atoms with Gasteiger partial charge >= 0.3 is 0 Å². The second kappa shape index (κ2) is 5.48. The zero-order valence-electron chi connectivity index (χ0n) is 10.3. The van der Waals surface area contributed by atoms with Crippen molar-refractivity contribution in [3.05, 3.63) is 57.9 Å². The lowest BCUT2D eigenvalue weighted by Gasteiger charge is -2.20. The average molecular weight is 309 g/mol. The van der Waals surface area contributed by atoms with Crippen LogP contribution in [0.15, 0.2) is 41.0 Å². The minimum absolute atomic E-state index is 0.181. The smallest absolute Gasteiger partial charge is 0.131 e. The van der Waals surface area contributed by atoms with E-state index in [1.807, 2.05) is 31.0 Å². The molecule has 18 heavy (non-hydrogen) atoms. The molecular formula is C14H14BrFN2. The Balaban J connectivity index is 2.22. The highest BCUT2D eigenvalue weighted by Gasteiger charge is 2.09. The number of rotatable bonds is 3. The van der Waals surface area contributed by atoms with Crippen LogP contribution in [0.1, 0.15) is 11.1 Å². The lowest BCUT2D eigenvalue weighted by Crippen LogP contribution is -2.19. The summed E-state index contributed by atoms with van der Waals surface area (Å²) in [6.07, 6.45) is 1.75. The number of hydrogen-bond donors (Lipinski definition) is 0. The van der Waals surface area contributed by atoms with E-state index < -0.39 is 0 Å². The number of pyridine rings is 1. The van der Waals surface area contributed by atoms with Crippen molar-refractivity contribution in [2.24, 2.45) is 0 Å². The van der Waals surface area contributed by atoms with Gasteiger partial charge in [0.1, 0.15) is 11.6 Å². The van der Waals surface area contributed by atoms with Crippen LogP contribution in [0.3, 0.4) is 0 Å². The molecule has 0 N–H and O–H groups in total. The van der Waals surface area contributed by atoms with E-state index in [1.165, 1.54) is 6.07 Å². The molecule has 0 saturated carbocycles. The summed E-state index contributed by atoms with van der Waals surface area (Å²) in [7, 11) is 1.91. The van der Waals surface area contributed by atoms with E-state index in [0.717, 1.165) is 15.9 Å². The van der Waals surface area contributed by atoms with Gasteiger partial charge < -0.3 is 4.90 Å². The summed E-state index contributed by atoms with van der Waals surface area (Å²) in [6, 6.07) is 8.81. The number of aryl methyl sites for hydroxylation is 1. The quantitative estimate of drug-likeness (QED) is 0.854. The molecule has 0 aliphatic carbocycles. The van der Waals surface area contributed by atoms with E-state index in [9.17, 15) is 4.39 Å². The predicted octanol–water partition coefficient (Wildman–Crippen LogP) is 3.93. The summed E-state index contributed by atoms with van der Waals surface area (Å²) < 4.78 is 14.5. The van der Waals surface area contributed by atoms with Crippen molar-refractivity contribution in [3.8, 4) is 0 Å². The molecule has 0 bridgehead atoms. The minimum atomic E-state index is -0.181. The van der Waals surface area contributed by atoms with Gasteiger partial charge in [0.25, 0.3) is 0 Å². The van der Waals surface area contributed by atoms with Crippen LogP contribution in [0.25, 0.3) is 0 Å². The molecule has 94 valence electrons. The third-order valence-electron chi connectivity index (χ3n) is 2.74. The van der Waals surface area contributed by atoms with Gasteiger partial charge in [-0.3, -0.25) is 0 Å². The molecule has 0 radical (unpaired) electrons. The molecule has 0 atom stereocenters. The third-order valence-corrected chi connectivity index (χ3v) is 3.18. The fourth-order valence-electron chi connectivity index (χ4n) is 1.89. The largest absolute Gasteiger partial charge is 0.355 e. The van der Waals surface area contributed by atoms with Gasteiger partial charge in [0.15, 0.2) is 0 Å². The topological polar surface area (TPSA) is 16.1 Å². The van der Waals surface area contributed by atoms with Crippen molar-refractivity contribution >= 4 is 21.7 Å². The average Bonchev–Trinajstić information content (AvgIpc) is 2.32. The van der Waals surface area contributed by atoms with Crippen LogP contribution in [-0.2, 0) is 6.54 Å². The summed E-state index contributed by atoms with van der Waals surface area (Å²) >= 11 is 3.38. The molecular weight excluding hydrogens is 295 g/mol. The van der Waals surface area contributed by atoms with E-state index >= 15 is 0 Å². The maximum absolute atomic E-state index is 13.6. The molecule has 2 aromatic rings. The first-order valence-corrected chi connectivity index (χ1v) is 6.44. The molecule has 0 unspecified atom stereocenters. The lowest BCUT2D eigenvalue weighted by molar-refractivity contribution is 0.607. The first-order chi connectivity index (χ1) is 8.58. The Labute approximate surface area is 115 Å². The lowest BCUT2D eigenvalue weighted by atomic mass is 10.2. The van der Waals surface area contributed by atoms with Crippen LogP contribution in [0.4, 0.5) is 10.2 Å². The van der Waals surface area contributed by atoms with Gasteiger partial charge in [0.05, 0.1) is 0 Å². The Morgan fingerprint density at radius 1 is 1.33 bits per heavy atom. The standard InChI is InChI=1S/C14H14BrFN2/c1-10-7-12(15)8-17-14(10)18(2)9-11-5-3-4-6-13(11)16/h3-8H,9H2,1-2H3. The van der Waals surface area contributed by atoms with Crippen LogP contribution in [0, 0.1) is 12.7 Å². The highest BCUT2D eigenvalue weighted by Crippen LogP contribution is 2.21. The molecule has 1 heterocycles. The molecule has 0 spiro atoms. The molecule has 0 saturated heterocycles. The van der Waals surface area contributed by atoms with E-state index in [1.54, 1.807) is 18.3 Å². The molecule has 4 heteroatoms. The number of anilines is 1. The highest BCUT2D eigenvalue weighted by atomic mass is 79.9. The van der Waals surface area contributed by atoms with Crippen LogP contribution in [0.2, 0.25) is 0 Å². The zero-order valence-corrected chi connectivity index (χ0v) is 11.9. The highest BCUT2D eigenvalue weighted by molar-refractivity contribution is 9.10. The van der Waals surface area contributed by atoms with Crippen LogP contribution >= 0.6 is 15.9 Å². The summed E-state index contributed by atoms with van der Waals surface area (Å²) in [5, 5.41) is 0. The Morgan fingerprint density at radius 3 is 2.72 bits per heavy atom. The van der Waals surface area contributed by atoms with Crippen LogP contribution in [-0.4, -0.2) is 12.0 Å². The summed E-state index contributed by atoms with van der Waals surface area (Å²) in [5.41, 5.74) is 1.73. The van der Waals surface area contributed by atoms with E-state index in [2.05, 4.69) is 20.9 Å². The first kappa shape index (κ1) is 13.0. The Bertz CT molecular complexity index is 557. The molecule has 0 amide bonds. The number of benzene rings is 1. The van der Waals surface area contributed by atoms with Gasteiger partial charge in [-0.15, -0.1) is 0 Å². The second-order valence-electron chi connectivity index (χ2n) is 4.24. The maximum atomic E-state index is 13.6. The van der Waals surface area contributed by atoms with Gasteiger partial charge in [0, 0.05) is 29.8 Å². The molecule has 1 aromatic heterocycles. The van der Waals surface area contributed by atoms with Crippen molar-refractivity contribution in [3.63, 3.8) is 0 Å². The molecule has 0 fully saturated rings. The summed E-state index contributed by atoms with van der Waals surface area (Å²) in [4.78, 5) is 6.30. The van der Waals surface area contributed by atoms with E-state index in [0.29, 0.717) is 12.1 Å². The van der Waals surface area contributed by atoms with Crippen LogP contribution < -0.4 is 4.90 Å². The van der Waals surface area contributed by atoms with Crippen molar-refractivity contribution in [1.29, 1.82) is 0 Å². The van der Waals surface area contributed by atoms with Crippen molar-refractivity contribution in [2.75, 3.05) is 11.9 Å². The van der Waals surface area contributed by atoms with Crippen molar-refractivity contribution in [2.45, 2.75) is 13.5 Å². The fraction of sp³-hybridized carbons (Fsp3) is 0.214. The van der Waals surface area contributed by atoms with Crippen molar-refractivity contribution < 1.29 is 4.39 Å². The number of halogens is 2. The zero-order chi connectivity index (χ0) is 13.1. The van der Waals surface area contributed by atoms with Gasteiger partial charge in [-0.2, -0.15) is 0 Å². The van der Waals surface area contributed by atoms with E-state index in [-0.39, 0.29) is 5.82 Å². The number of aromatic nitrogens is 1. The predicted molar refractivity (Wildman–Crippen MR) is 75.2 cm³/mol. The SMILES string of the molecule is Cc1cc(Br)cnc1N(C)Cc1ccccc1F. The monoisotopic (exact) mass is 308 g/mol. The first-order valence-electron chi connectivity index (χ1n) is 5.64.